The first-order valence-electron chi connectivity index (χ1n) is 9.11. The zero-order valence-corrected chi connectivity index (χ0v) is 15.5. The van der Waals surface area contributed by atoms with Gasteiger partial charge < -0.3 is 10.2 Å². The summed E-state index contributed by atoms with van der Waals surface area (Å²) in [6, 6.07) is 9.09. The van der Waals surface area contributed by atoms with Crippen LogP contribution in [0.4, 0.5) is 20.3 Å². The summed E-state index contributed by atoms with van der Waals surface area (Å²) in [6.07, 6.45) is 1.37. The van der Waals surface area contributed by atoms with Gasteiger partial charge in [-0.25, -0.2) is 8.78 Å². The van der Waals surface area contributed by atoms with Gasteiger partial charge in [-0.15, -0.1) is 0 Å². The Bertz CT molecular complexity index is 1250. The van der Waals surface area contributed by atoms with Gasteiger partial charge in [-0.3, -0.25) is 19.6 Å². The predicted molar refractivity (Wildman–Crippen MR) is 103 cm³/mol. The zero-order chi connectivity index (χ0) is 20.2. The van der Waals surface area contributed by atoms with E-state index in [1.54, 1.807) is 30.1 Å². The number of pyridine rings is 1. The molecule has 1 aliphatic rings. The Morgan fingerprint density at radius 2 is 2.17 bits per heavy atom. The van der Waals surface area contributed by atoms with Crippen molar-refractivity contribution >= 4 is 39.3 Å². The summed E-state index contributed by atoms with van der Waals surface area (Å²) in [5.74, 6) is -2.73. The number of fused-ring (bicyclic) bond motifs is 2. The molecule has 5 rings (SSSR count). The molecular weight excluding hydrogens is 380 g/mol. The standard InChI is InChI=1S/C19H17F2N7O/c1-27-14-9-11(23-17-16-13(24-25-17)3-2-7-22-16)4-5-12(14)15(26-27)18(29)28-8-6-19(20,21)10-28/h2-5,7,9H,6,8,10H2,1H3,(H2,23,24,25). The van der Waals surface area contributed by atoms with E-state index < -0.39 is 18.4 Å². The van der Waals surface area contributed by atoms with E-state index in [1.807, 2.05) is 18.2 Å². The van der Waals surface area contributed by atoms with Crippen molar-refractivity contribution < 1.29 is 13.6 Å². The SMILES string of the molecule is Cn1nc(C(=O)N2CCC(F)(F)C2)c2ccc(Nc3n[nH]c4cccnc34)cc21. The van der Waals surface area contributed by atoms with Crippen LogP contribution in [0.2, 0.25) is 0 Å². The fourth-order valence-electron chi connectivity index (χ4n) is 3.63. The molecule has 0 unspecified atom stereocenters. The van der Waals surface area contributed by atoms with Crippen LogP contribution in [0.25, 0.3) is 21.9 Å². The number of nitrogens with one attached hydrogen (secondary N) is 2. The summed E-state index contributed by atoms with van der Waals surface area (Å²) in [7, 11) is 1.72. The number of aryl methyl sites for hydroxylation is 1. The van der Waals surface area contributed by atoms with Gasteiger partial charge in [0.1, 0.15) is 5.52 Å². The molecule has 0 radical (unpaired) electrons. The van der Waals surface area contributed by atoms with Gasteiger partial charge in [0.25, 0.3) is 11.8 Å². The molecule has 0 aliphatic carbocycles. The number of nitrogens with zero attached hydrogens (tertiary/aromatic N) is 5. The van der Waals surface area contributed by atoms with E-state index in [-0.39, 0.29) is 18.7 Å². The second-order valence-corrected chi connectivity index (χ2v) is 7.13. The first kappa shape index (κ1) is 17.5. The van der Waals surface area contributed by atoms with Gasteiger partial charge in [-0.1, -0.05) is 0 Å². The molecule has 10 heteroatoms. The number of amides is 1. The van der Waals surface area contributed by atoms with Crippen LogP contribution < -0.4 is 5.32 Å². The van der Waals surface area contributed by atoms with Crippen LogP contribution in [0, 0.1) is 0 Å². The third-order valence-electron chi connectivity index (χ3n) is 5.09. The van der Waals surface area contributed by atoms with Crippen molar-refractivity contribution in [3.8, 4) is 0 Å². The Kier molecular flexibility index (Phi) is 3.76. The van der Waals surface area contributed by atoms with Crippen LogP contribution in [0.5, 0.6) is 0 Å². The third-order valence-corrected chi connectivity index (χ3v) is 5.09. The molecular formula is C19H17F2N7O. The summed E-state index contributed by atoms with van der Waals surface area (Å²) in [5, 5.41) is 15.3. The maximum atomic E-state index is 13.5. The largest absolute Gasteiger partial charge is 0.337 e. The summed E-state index contributed by atoms with van der Waals surface area (Å²) in [5.41, 5.74) is 3.15. The molecule has 0 bridgehead atoms. The number of aromatic nitrogens is 5. The Hall–Kier alpha value is -3.56. The average Bonchev–Trinajstić information content (AvgIpc) is 3.37. The lowest BCUT2D eigenvalue weighted by Gasteiger charge is -2.14. The lowest BCUT2D eigenvalue weighted by molar-refractivity contribution is 0.0119. The van der Waals surface area contributed by atoms with Crippen molar-refractivity contribution in [2.45, 2.75) is 12.3 Å². The molecule has 1 saturated heterocycles. The van der Waals surface area contributed by atoms with Crippen LogP contribution in [-0.4, -0.2) is 54.8 Å². The van der Waals surface area contributed by atoms with Crippen molar-refractivity contribution in [1.29, 1.82) is 0 Å². The molecule has 1 aliphatic heterocycles. The number of carbonyl (C=O) groups is 1. The highest BCUT2D eigenvalue weighted by molar-refractivity contribution is 6.05. The van der Waals surface area contributed by atoms with Crippen LogP contribution in [0.15, 0.2) is 36.5 Å². The van der Waals surface area contributed by atoms with Gasteiger partial charge >= 0.3 is 0 Å². The summed E-state index contributed by atoms with van der Waals surface area (Å²) in [6.45, 7) is -0.536. The number of H-pyrrole nitrogens is 1. The maximum absolute atomic E-state index is 13.5. The number of alkyl halides is 2. The van der Waals surface area contributed by atoms with Crippen LogP contribution in [0.3, 0.4) is 0 Å². The predicted octanol–water partition coefficient (Wildman–Crippen LogP) is 3.07. The molecule has 1 amide bonds. The monoisotopic (exact) mass is 397 g/mol. The summed E-state index contributed by atoms with van der Waals surface area (Å²) in [4.78, 5) is 18.2. The number of rotatable bonds is 3. The molecule has 8 nitrogen and oxygen atoms in total. The number of benzene rings is 1. The minimum absolute atomic E-state index is 0.0305. The molecule has 0 saturated carbocycles. The number of carbonyl (C=O) groups excluding carboxylic acids is 1. The van der Waals surface area contributed by atoms with E-state index in [0.29, 0.717) is 22.2 Å². The number of halogens is 2. The van der Waals surface area contributed by atoms with E-state index in [2.05, 4.69) is 25.6 Å². The number of anilines is 2. The van der Waals surface area contributed by atoms with Crippen molar-refractivity contribution in [1.82, 2.24) is 29.9 Å². The lowest BCUT2D eigenvalue weighted by atomic mass is 10.1. The minimum Gasteiger partial charge on any atom is -0.337 e. The highest BCUT2D eigenvalue weighted by Gasteiger charge is 2.41. The molecule has 0 atom stereocenters. The highest BCUT2D eigenvalue weighted by Crippen LogP contribution is 2.30. The second-order valence-electron chi connectivity index (χ2n) is 7.13. The topological polar surface area (TPSA) is 91.7 Å². The van der Waals surface area contributed by atoms with E-state index in [0.717, 1.165) is 16.1 Å². The molecule has 0 spiro atoms. The van der Waals surface area contributed by atoms with Gasteiger partial charge in [-0.05, 0) is 30.3 Å². The first-order valence-corrected chi connectivity index (χ1v) is 9.11. The Morgan fingerprint density at radius 3 is 2.97 bits per heavy atom. The molecule has 3 aromatic heterocycles. The van der Waals surface area contributed by atoms with Crippen molar-refractivity contribution in [3.63, 3.8) is 0 Å². The fraction of sp³-hybridized carbons (Fsp3) is 0.263. The van der Waals surface area contributed by atoms with E-state index in [4.69, 9.17) is 0 Å². The molecule has 29 heavy (non-hydrogen) atoms. The van der Waals surface area contributed by atoms with Crippen molar-refractivity contribution in [2.75, 3.05) is 18.4 Å². The number of aromatic amines is 1. The van der Waals surface area contributed by atoms with Gasteiger partial charge in [0.2, 0.25) is 0 Å². The Morgan fingerprint density at radius 1 is 1.31 bits per heavy atom. The normalized spacial score (nSPS) is 16.0. The molecule has 4 aromatic rings. The van der Waals surface area contributed by atoms with Crippen LogP contribution in [-0.2, 0) is 7.05 Å². The number of hydrogen-bond acceptors (Lipinski definition) is 5. The zero-order valence-electron chi connectivity index (χ0n) is 15.5. The fourth-order valence-corrected chi connectivity index (χ4v) is 3.63. The number of likely N-dealkylation sites (tertiary alicyclic amines) is 1. The van der Waals surface area contributed by atoms with Crippen molar-refractivity contribution in [2.24, 2.45) is 7.05 Å². The quantitative estimate of drug-likeness (QED) is 0.554. The smallest absolute Gasteiger partial charge is 0.275 e. The van der Waals surface area contributed by atoms with Gasteiger partial charge in [0.05, 0.1) is 17.6 Å². The lowest BCUT2D eigenvalue weighted by Crippen LogP contribution is -2.31. The van der Waals surface area contributed by atoms with Crippen molar-refractivity contribution in [3.05, 3.63) is 42.2 Å². The summed E-state index contributed by atoms with van der Waals surface area (Å²) < 4.78 is 28.6. The second kappa shape index (κ2) is 6.23. The van der Waals surface area contributed by atoms with E-state index in [9.17, 15) is 13.6 Å². The van der Waals surface area contributed by atoms with Crippen LogP contribution >= 0.6 is 0 Å². The molecule has 1 aromatic carbocycles. The first-order chi connectivity index (χ1) is 13.9. The van der Waals surface area contributed by atoms with E-state index in [1.165, 1.54) is 0 Å². The molecule has 2 N–H and O–H groups in total. The average molecular weight is 397 g/mol. The molecule has 148 valence electrons. The minimum atomic E-state index is -2.84. The van der Waals surface area contributed by atoms with Gasteiger partial charge in [0, 0.05) is 37.3 Å². The van der Waals surface area contributed by atoms with Gasteiger partial charge in [-0.2, -0.15) is 10.2 Å². The Labute approximate surface area is 163 Å². The molecule has 4 heterocycles. The highest BCUT2D eigenvalue weighted by atomic mass is 19.3. The van der Waals surface area contributed by atoms with Crippen LogP contribution in [0.1, 0.15) is 16.9 Å². The van der Waals surface area contributed by atoms with E-state index >= 15 is 0 Å². The third kappa shape index (κ3) is 2.96. The number of hydrogen-bond donors (Lipinski definition) is 2. The van der Waals surface area contributed by atoms with Gasteiger partial charge in [0.15, 0.2) is 11.5 Å². The Balaban J connectivity index is 1.47. The molecule has 1 fully saturated rings. The maximum Gasteiger partial charge on any atom is 0.275 e. The summed E-state index contributed by atoms with van der Waals surface area (Å²) >= 11 is 0.